The zero-order valence-corrected chi connectivity index (χ0v) is 27.4. The predicted molar refractivity (Wildman–Crippen MR) is 160 cm³/mol. The highest BCUT2D eigenvalue weighted by atomic mass is 127. The highest BCUT2D eigenvalue weighted by Crippen LogP contribution is 2.21. The molecule has 0 saturated carbocycles. The number of halogens is 1. The number of aryl methyl sites for hydroxylation is 2. The molecule has 2 aromatic heterocycles. The number of hydrogen-bond donors (Lipinski definition) is 2. The highest BCUT2D eigenvalue weighted by Gasteiger charge is 2.23. The molecular weight excluding hydrogens is 675 g/mol. The number of carbonyl (C=O) groups excluding carboxylic acids is 4. The minimum atomic E-state index is -0.677. The number of ether oxygens (including phenoxy) is 2. The van der Waals surface area contributed by atoms with Crippen LogP contribution in [0.25, 0.3) is 0 Å². The molecule has 17 heteroatoms. The first kappa shape index (κ1) is 33.5. The van der Waals surface area contributed by atoms with Gasteiger partial charge in [-0.2, -0.15) is 0 Å². The smallest absolute Gasteiger partial charge is 0.411 e. The molecule has 0 aliphatic carbocycles. The topological polar surface area (TPSA) is 169 Å². The number of nitrogens with one attached hydrogen (secondary N) is 2. The molecule has 2 N–H and O–H groups in total. The molecule has 0 atom stereocenters. The first-order chi connectivity index (χ1) is 18.5. The van der Waals surface area contributed by atoms with Gasteiger partial charge in [-0.15, -0.1) is 20.4 Å². The van der Waals surface area contributed by atoms with Crippen molar-refractivity contribution < 1.29 is 28.7 Å². The van der Waals surface area contributed by atoms with Crippen LogP contribution in [0.2, 0.25) is 0 Å². The molecule has 0 unspecified atom stereocenters. The van der Waals surface area contributed by atoms with Gasteiger partial charge in [-0.3, -0.25) is 20.2 Å². The van der Waals surface area contributed by atoms with E-state index in [4.69, 9.17) is 9.47 Å². The van der Waals surface area contributed by atoms with Gasteiger partial charge in [-0.1, -0.05) is 22.7 Å². The van der Waals surface area contributed by atoms with Crippen molar-refractivity contribution in [3.05, 3.63) is 10.0 Å². The Balaban J connectivity index is 1.69. The summed E-state index contributed by atoms with van der Waals surface area (Å²) in [5.74, 6) is -0.796. The van der Waals surface area contributed by atoms with Crippen molar-refractivity contribution in [2.45, 2.75) is 69.5 Å². The summed E-state index contributed by atoms with van der Waals surface area (Å²) in [6.45, 7) is 8.40. The molecule has 14 nitrogen and oxygen atoms in total. The second-order valence-corrected chi connectivity index (χ2v) is 15.0. The first-order valence-corrected chi connectivity index (χ1v) is 15.0. The van der Waals surface area contributed by atoms with Gasteiger partial charge in [-0.05, 0) is 70.1 Å². The van der Waals surface area contributed by atoms with Gasteiger partial charge in [0.1, 0.15) is 28.7 Å². The number of alkyl halides is 1. The monoisotopic (exact) mass is 710 g/mol. The van der Waals surface area contributed by atoms with E-state index in [1.165, 1.54) is 46.6 Å². The summed E-state index contributed by atoms with van der Waals surface area (Å²) in [6, 6.07) is 0. The Morgan fingerprint density at radius 2 is 1.15 bits per heavy atom. The largest absolute Gasteiger partial charge is 0.444 e. The third kappa shape index (κ3) is 13.1. The third-order valence-corrected chi connectivity index (χ3v) is 6.58. The van der Waals surface area contributed by atoms with Crippen LogP contribution in [0.1, 0.15) is 57.5 Å². The van der Waals surface area contributed by atoms with Crippen LogP contribution in [-0.4, -0.2) is 90.6 Å². The molecule has 222 valence electrons. The Morgan fingerprint density at radius 1 is 0.750 bits per heavy atom. The fraction of sp³-hybridized carbons (Fsp3) is 0.652. The Bertz CT molecular complexity index is 1090. The fourth-order valence-electron chi connectivity index (χ4n) is 2.87. The number of amides is 4. The Labute approximate surface area is 254 Å². The fourth-order valence-corrected chi connectivity index (χ4v) is 4.65. The van der Waals surface area contributed by atoms with Crippen molar-refractivity contribution in [2.75, 3.05) is 37.8 Å². The molecular formula is C23H35IN8O6S2. The molecule has 0 fully saturated rings. The lowest BCUT2D eigenvalue weighted by molar-refractivity contribution is -0.117. The minimum absolute atomic E-state index is 0.172. The summed E-state index contributed by atoms with van der Waals surface area (Å²) >= 11 is 4.54. The van der Waals surface area contributed by atoms with E-state index in [1.807, 2.05) is 22.6 Å². The van der Waals surface area contributed by atoms with E-state index in [0.717, 1.165) is 22.9 Å². The van der Waals surface area contributed by atoms with E-state index in [9.17, 15) is 19.2 Å². The zero-order valence-electron chi connectivity index (χ0n) is 23.6. The SMILES string of the molecule is CN(CC(=O)Nc1nnc(CCCCc2nnc(NC(=O)CN(C)C(=O)OC(C)(C)I)s2)s1)C(=O)OC(C)(C)C. The van der Waals surface area contributed by atoms with Crippen LogP contribution in [0.15, 0.2) is 0 Å². The summed E-state index contributed by atoms with van der Waals surface area (Å²) in [7, 11) is 2.97. The van der Waals surface area contributed by atoms with Crippen molar-refractivity contribution in [3.63, 3.8) is 0 Å². The Morgan fingerprint density at radius 3 is 1.52 bits per heavy atom. The third-order valence-electron chi connectivity index (χ3n) is 4.57. The number of carbonyl (C=O) groups is 4. The molecule has 40 heavy (non-hydrogen) atoms. The summed E-state index contributed by atoms with van der Waals surface area (Å²) < 4.78 is 9.78. The molecule has 2 rings (SSSR count). The number of aromatic nitrogens is 4. The maximum Gasteiger partial charge on any atom is 0.411 e. The molecule has 0 bridgehead atoms. The van der Waals surface area contributed by atoms with E-state index < -0.39 is 33.2 Å². The van der Waals surface area contributed by atoms with Gasteiger partial charge >= 0.3 is 12.2 Å². The van der Waals surface area contributed by atoms with Crippen LogP contribution in [0, 0.1) is 0 Å². The van der Waals surface area contributed by atoms with Crippen LogP contribution in [0.4, 0.5) is 19.9 Å². The van der Waals surface area contributed by atoms with Gasteiger partial charge in [0.15, 0.2) is 3.61 Å². The lowest BCUT2D eigenvalue weighted by atomic mass is 10.2. The van der Waals surface area contributed by atoms with Crippen molar-refractivity contribution >= 4 is 79.5 Å². The zero-order chi connectivity index (χ0) is 30.1. The van der Waals surface area contributed by atoms with E-state index in [2.05, 4.69) is 31.0 Å². The second kappa shape index (κ2) is 14.8. The van der Waals surface area contributed by atoms with E-state index in [0.29, 0.717) is 23.1 Å². The quantitative estimate of drug-likeness (QED) is 0.187. The second-order valence-electron chi connectivity index (χ2n) is 10.2. The molecule has 2 heterocycles. The maximum atomic E-state index is 12.2. The highest BCUT2D eigenvalue weighted by molar-refractivity contribution is 14.1. The van der Waals surface area contributed by atoms with Crippen molar-refractivity contribution in [3.8, 4) is 0 Å². The maximum absolute atomic E-state index is 12.2. The molecule has 2 aromatic rings. The van der Waals surface area contributed by atoms with E-state index >= 15 is 0 Å². The number of unbranched alkanes of at least 4 members (excludes halogenated alkanes) is 1. The van der Waals surface area contributed by atoms with E-state index in [1.54, 1.807) is 34.6 Å². The van der Waals surface area contributed by atoms with Gasteiger partial charge in [0.05, 0.1) is 0 Å². The first-order valence-electron chi connectivity index (χ1n) is 12.3. The summed E-state index contributed by atoms with van der Waals surface area (Å²) in [4.78, 5) is 50.8. The summed E-state index contributed by atoms with van der Waals surface area (Å²) in [5.41, 5.74) is -0.647. The summed E-state index contributed by atoms with van der Waals surface area (Å²) in [5, 5.41) is 23.8. The molecule has 0 radical (unpaired) electrons. The van der Waals surface area contributed by atoms with Crippen molar-refractivity contribution in [2.24, 2.45) is 0 Å². The van der Waals surface area contributed by atoms with Gasteiger partial charge in [0.25, 0.3) is 0 Å². The number of likely N-dealkylation sites (N-methyl/N-ethyl adjacent to an activating group) is 2. The number of rotatable bonds is 12. The van der Waals surface area contributed by atoms with Crippen molar-refractivity contribution in [1.82, 2.24) is 30.2 Å². The lowest BCUT2D eigenvalue weighted by Gasteiger charge is -2.24. The molecule has 0 aliphatic rings. The normalized spacial score (nSPS) is 11.5. The average Bonchev–Trinajstić information content (AvgIpc) is 3.43. The average molecular weight is 711 g/mol. The Kier molecular flexibility index (Phi) is 12.4. The Hall–Kier alpha value is -2.67. The van der Waals surface area contributed by atoms with Gasteiger partial charge in [0, 0.05) is 26.9 Å². The molecule has 0 aromatic carbocycles. The van der Waals surface area contributed by atoms with Crippen LogP contribution < -0.4 is 10.6 Å². The van der Waals surface area contributed by atoms with E-state index in [-0.39, 0.29) is 13.1 Å². The van der Waals surface area contributed by atoms with Gasteiger partial charge < -0.3 is 19.3 Å². The number of nitrogens with zero attached hydrogens (tertiary/aromatic N) is 6. The molecule has 4 amide bonds. The van der Waals surface area contributed by atoms with Crippen LogP contribution >= 0.6 is 45.3 Å². The summed E-state index contributed by atoms with van der Waals surface area (Å²) in [6.07, 6.45) is 1.78. The van der Waals surface area contributed by atoms with Crippen LogP contribution in [0.5, 0.6) is 0 Å². The standard InChI is InChI=1S/C23H35IN8O6S2/c1-22(2,3)37-20(35)31(6)12-14(33)25-18-29-27-16(39-18)10-8-9-11-17-28-30-19(40-17)26-15(34)13-32(7)21(36)38-23(4,5)24/h8-13H2,1-7H3,(H,25,29,33)(H,26,30,34). The molecule has 0 aliphatic heterocycles. The number of anilines is 2. The lowest BCUT2D eigenvalue weighted by Crippen LogP contribution is -2.38. The van der Waals surface area contributed by atoms with Gasteiger partial charge in [0.2, 0.25) is 22.1 Å². The van der Waals surface area contributed by atoms with Crippen LogP contribution in [-0.2, 0) is 31.9 Å². The molecule has 0 spiro atoms. The number of hydrogen-bond acceptors (Lipinski definition) is 12. The molecule has 0 saturated heterocycles. The van der Waals surface area contributed by atoms with Crippen LogP contribution in [0.3, 0.4) is 0 Å². The van der Waals surface area contributed by atoms with Gasteiger partial charge in [-0.25, -0.2) is 9.59 Å². The predicted octanol–water partition coefficient (Wildman–Crippen LogP) is 3.94. The van der Waals surface area contributed by atoms with Crippen molar-refractivity contribution in [1.29, 1.82) is 0 Å². The minimum Gasteiger partial charge on any atom is -0.444 e.